The van der Waals surface area contributed by atoms with E-state index in [-0.39, 0.29) is 52.5 Å². The summed E-state index contributed by atoms with van der Waals surface area (Å²) < 4.78 is 5.38. The first kappa shape index (κ1) is 18.9. The lowest BCUT2D eigenvalue weighted by Gasteiger charge is -2.37. The van der Waals surface area contributed by atoms with Gasteiger partial charge in [-0.3, -0.25) is 19.7 Å². The molecule has 2 aromatic rings. The van der Waals surface area contributed by atoms with Crippen LogP contribution in [0.1, 0.15) is 16.8 Å². The number of non-ortho nitro benzene ring substituents is 1. The number of imide groups is 1. The molecule has 1 saturated heterocycles. The highest BCUT2D eigenvalue weighted by molar-refractivity contribution is 6.22. The molecule has 4 aliphatic carbocycles. The second kappa shape index (κ2) is 6.59. The van der Waals surface area contributed by atoms with E-state index in [1.165, 1.54) is 35.2 Å². The zero-order chi connectivity index (χ0) is 22.1. The Morgan fingerprint density at radius 2 is 1.62 bits per heavy atom. The van der Waals surface area contributed by atoms with Crippen LogP contribution in [0, 0.1) is 45.6 Å². The summed E-state index contributed by atoms with van der Waals surface area (Å²) in [6.07, 6.45) is 5.33. The van der Waals surface area contributed by atoms with Crippen molar-refractivity contribution in [2.75, 3.05) is 4.90 Å². The van der Waals surface area contributed by atoms with Crippen LogP contribution in [0.25, 0.3) is 0 Å². The number of ether oxygens (including phenoxy) is 1. The van der Waals surface area contributed by atoms with E-state index in [0.717, 1.165) is 12.5 Å². The number of benzene rings is 2. The van der Waals surface area contributed by atoms with Gasteiger partial charge in [-0.05, 0) is 48.3 Å². The number of hydrogen-bond donors (Lipinski definition) is 0. The Labute approximate surface area is 182 Å². The van der Waals surface area contributed by atoms with Gasteiger partial charge in [-0.2, -0.15) is 0 Å². The lowest BCUT2D eigenvalue weighted by molar-refractivity contribution is -0.384. The molecule has 1 aliphatic heterocycles. The molecule has 7 rings (SSSR count). The van der Waals surface area contributed by atoms with Gasteiger partial charge in [0.05, 0.1) is 28.0 Å². The van der Waals surface area contributed by atoms with E-state index in [9.17, 15) is 24.5 Å². The van der Waals surface area contributed by atoms with Crippen molar-refractivity contribution in [3.05, 3.63) is 76.4 Å². The summed E-state index contributed by atoms with van der Waals surface area (Å²) in [5.41, 5.74) is 0.183. The molecule has 2 amide bonds. The van der Waals surface area contributed by atoms with Crippen molar-refractivity contribution < 1.29 is 24.0 Å². The zero-order valence-electron chi connectivity index (χ0n) is 16.8. The summed E-state index contributed by atoms with van der Waals surface area (Å²) >= 11 is 0. The third kappa shape index (κ3) is 2.65. The fourth-order valence-corrected chi connectivity index (χ4v) is 5.81. The van der Waals surface area contributed by atoms with Gasteiger partial charge in [0, 0.05) is 18.2 Å². The lowest BCUT2D eigenvalue weighted by Crippen LogP contribution is -2.40. The van der Waals surface area contributed by atoms with Crippen LogP contribution in [0.15, 0.2) is 60.7 Å². The van der Waals surface area contributed by atoms with E-state index in [4.69, 9.17) is 4.74 Å². The van der Waals surface area contributed by atoms with Crippen LogP contribution in [0.4, 0.5) is 11.4 Å². The van der Waals surface area contributed by atoms with Gasteiger partial charge in [0.15, 0.2) is 0 Å². The van der Waals surface area contributed by atoms with E-state index in [0.29, 0.717) is 17.5 Å². The highest BCUT2D eigenvalue weighted by atomic mass is 16.6. The Bertz CT molecular complexity index is 1200. The predicted octanol–water partition coefficient (Wildman–Crippen LogP) is 3.37. The molecule has 0 N–H and O–H groups in total. The largest absolute Gasteiger partial charge is 0.423 e. The quantitative estimate of drug-likeness (QED) is 0.184. The van der Waals surface area contributed by atoms with Crippen molar-refractivity contribution in [2.24, 2.45) is 35.5 Å². The van der Waals surface area contributed by atoms with Gasteiger partial charge in [-0.15, -0.1) is 0 Å². The molecular formula is C24H18N2O6. The highest BCUT2D eigenvalue weighted by Crippen LogP contribution is 2.65. The van der Waals surface area contributed by atoms with Gasteiger partial charge in [0.25, 0.3) is 5.69 Å². The molecule has 0 aromatic heterocycles. The lowest BCUT2D eigenvalue weighted by atomic mass is 9.63. The molecule has 5 aliphatic rings. The number of amides is 2. The summed E-state index contributed by atoms with van der Waals surface area (Å²) in [6, 6.07) is 11.5. The minimum Gasteiger partial charge on any atom is -0.423 e. The Morgan fingerprint density at radius 3 is 2.28 bits per heavy atom. The average Bonchev–Trinajstić information content (AvgIpc) is 3.57. The number of carbonyl (C=O) groups excluding carboxylic acids is 3. The fourth-order valence-electron chi connectivity index (χ4n) is 5.81. The zero-order valence-corrected chi connectivity index (χ0v) is 16.8. The number of anilines is 1. The van der Waals surface area contributed by atoms with Gasteiger partial charge < -0.3 is 4.74 Å². The Balaban J connectivity index is 1.26. The monoisotopic (exact) mass is 430 g/mol. The Morgan fingerprint density at radius 1 is 0.969 bits per heavy atom. The Kier molecular flexibility index (Phi) is 3.90. The number of carbonyl (C=O) groups is 3. The molecule has 2 bridgehead atoms. The van der Waals surface area contributed by atoms with E-state index in [1.807, 2.05) is 0 Å². The minimum absolute atomic E-state index is 0.0332. The number of hydrogen-bond acceptors (Lipinski definition) is 6. The van der Waals surface area contributed by atoms with Crippen molar-refractivity contribution in [3.8, 4) is 5.75 Å². The van der Waals surface area contributed by atoms with Gasteiger partial charge >= 0.3 is 5.97 Å². The smallest absolute Gasteiger partial charge is 0.343 e. The SMILES string of the molecule is O=C(Oc1cccc(N2C(=O)[C@@H]3[C@H]4C=C[C@@H]([C@@H]5C[C@H]45)[C@H]3C2=O)c1)c1cccc([N+](=O)[O-])c1. The van der Waals surface area contributed by atoms with Crippen molar-refractivity contribution in [1.82, 2.24) is 0 Å². The molecule has 3 fully saturated rings. The van der Waals surface area contributed by atoms with Crippen molar-refractivity contribution in [3.63, 3.8) is 0 Å². The summed E-state index contributed by atoms with van der Waals surface area (Å²) in [5.74, 6) is -0.305. The van der Waals surface area contributed by atoms with Crippen LogP contribution in [0.5, 0.6) is 5.75 Å². The second-order valence-corrected chi connectivity index (χ2v) is 8.86. The van der Waals surface area contributed by atoms with Crippen LogP contribution in [-0.4, -0.2) is 22.7 Å². The van der Waals surface area contributed by atoms with Gasteiger partial charge in [0.1, 0.15) is 5.75 Å². The Hall–Kier alpha value is -3.81. The van der Waals surface area contributed by atoms with E-state index in [1.54, 1.807) is 12.1 Å². The van der Waals surface area contributed by atoms with Crippen molar-refractivity contribution in [2.45, 2.75) is 6.42 Å². The van der Waals surface area contributed by atoms with Crippen LogP contribution in [0.3, 0.4) is 0 Å². The topological polar surface area (TPSA) is 107 Å². The van der Waals surface area contributed by atoms with Crippen LogP contribution >= 0.6 is 0 Å². The third-order valence-corrected chi connectivity index (χ3v) is 7.24. The fraction of sp³-hybridized carbons (Fsp3) is 0.292. The maximum Gasteiger partial charge on any atom is 0.343 e. The standard InChI is InChI=1S/C24H18N2O6/c27-22-20-16-7-8-17(19-11-18(16)19)21(20)23(28)25(22)13-4-2-6-15(10-13)32-24(29)12-3-1-5-14(9-12)26(30)31/h1-10,16-21H,11H2/t16-,17-,18-,19+,20+,21+/m0/s1. The molecular weight excluding hydrogens is 412 g/mol. The van der Waals surface area contributed by atoms with Crippen LogP contribution < -0.4 is 9.64 Å². The van der Waals surface area contributed by atoms with Crippen LogP contribution in [-0.2, 0) is 9.59 Å². The van der Waals surface area contributed by atoms with Gasteiger partial charge in [-0.25, -0.2) is 9.69 Å². The second-order valence-electron chi connectivity index (χ2n) is 8.86. The number of allylic oxidation sites excluding steroid dienone is 2. The highest BCUT2D eigenvalue weighted by Gasteiger charge is 2.67. The first-order valence-corrected chi connectivity index (χ1v) is 10.6. The number of esters is 1. The molecule has 160 valence electrons. The van der Waals surface area contributed by atoms with Crippen molar-refractivity contribution >= 4 is 29.2 Å². The maximum absolute atomic E-state index is 13.3. The molecule has 0 unspecified atom stereocenters. The summed E-state index contributed by atoms with van der Waals surface area (Å²) in [5, 5.41) is 10.9. The minimum atomic E-state index is -0.763. The number of rotatable bonds is 4. The van der Waals surface area contributed by atoms with E-state index >= 15 is 0 Å². The predicted molar refractivity (Wildman–Crippen MR) is 112 cm³/mol. The first-order chi connectivity index (χ1) is 15.4. The molecule has 8 nitrogen and oxygen atoms in total. The van der Waals surface area contributed by atoms with E-state index < -0.39 is 10.9 Å². The molecule has 2 aromatic carbocycles. The van der Waals surface area contributed by atoms with E-state index in [2.05, 4.69) is 12.2 Å². The average molecular weight is 430 g/mol. The number of nitro groups is 1. The summed E-state index contributed by atoms with van der Waals surface area (Å²) in [4.78, 5) is 50.6. The van der Waals surface area contributed by atoms with Gasteiger partial charge in [-0.1, -0.05) is 24.3 Å². The maximum atomic E-state index is 13.3. The van der Waals surface area contributed by atoms with Crippen LogP contribution in [0.2, 0.25) is 0 Å². The first-order valence-electron chi connectivity index (χ1n) is 10.6. The van der Waals surface area contributed by atoms with Crippen molar-refractivity contribution in [1.29, 1.82) is 0 Å². The summed E-state index contributed by atoms with van der Waals surface area (Å²) in [7, 11) is 0. The molecule has 32 heavy (non-hydrogen) atoms. The third-order valence-electron chi connectivity index (χ3n) is 7.24. The summed E-state index contributed by atoms with van der Waals surface area (Å²) in [6.45, 7) is 0. The molecule has 6 atom stereocenters. The molecule has 0 spiro atoms. The molecule has 0 radical (unpaired) electrons. The van der Waals surface area contributed by atoms with Gasteiger partial charge in [0.2, 0.25) is 11.8 Å². The molecule has 2 saturated carbocycles. The normalized spacial score (nSPS) is 31.3. The molecule has 1 heterocycles. The number of nitro benzene ring substituents is 1. The molecule has 8 heteroatoms. The number of nitrogens with zero attached hydrogens (tertiary/aromatic N) is 2.